The van der Waals surface area contributed by atoms with Crippen molar-refractivity contribution in [2.75, 3.05) is 40.6 Å². The van der Waals surface area contributed by atoms with Crippen LogP contribution in [0.25, 0.3) is 0 Å². The highest BCUT2D eigenvalue weighted by molar-refractivity contribution is 4.77. The maximum absolute atomic E-state index is 5.40. The summed E-state index contributed by atoms with van der Waals surface area (Å²) in [5, 5.41) is 3.52. The Morgan fingerprint density at radius 3 is 2.38 bits per heavy atom. The monoisotopic (exact) mass is 231 g/mol. The SMILES string of the molecule is COCCOCCNC1CCC(OC)CC1. The molecule has 0 amide bonds. The molecule has 4 nitrogen and oxygen atoms in total. The molecule has 0 saturated heterocycles. The third-order valence-corrected chi connectivity index (χ3v) is 3.12. The van der Waals surface area contributed by atoms with Gasteiger partial charge >= 0.3 is 0 Å². The van der Waals surface area contributed by atoms with Gasteiger partial charge in [-0.25, -0.2) is 0 Å². The minimum atomic E-state index is 0.482. The zero-order valence-electron chi connectivity index (χ0n) is 10.5. The molecule has 0 aromatic carbocycles. The van der Waals surface area contributed by atoms with Gasteiger partial charge in [-0.15, -0.1) is 0 Å². The van der Waals surface area contributed by atoms with Crippen LogP contribution in [0.3, 0.4) is 0 Å². The highest BCUT2D eigenvalue weighted by atomic mass is 16.5. The van der Waals surface area contributed by atoms with Crippen LogP contribution in [-0.2, 0) is 14.2 Å². The van der Waals surface area contributed by atoms with E-state index in [0.717, 1.165) is 13.2 Å². The maximum Gasteiger partial charge on any atom is 0.0700 e. The molecule has 0 unspecified atom stereocenters. The smallest absolute Gasteiger partial charge is 0.0700 e. The minimum absolute atomic E-state index is 0.482. The molecule has 1 aliphatic rings. The summed E-state index contributed by atoms with van der Waals surface area (Å²) in [5.41, 5.74) is 0. The van der Waals surface area contributed by atoms with Crippen molar-refractivity contribution in [3.05, 3.63) is 0 Å². The van der Waals surface area contributed by atoms with Crippen LogP contribution in [0.1, 0.15) is 25.7 Å². The third kappa shape index (κ3) is 5.80. The number of hydrogen-bond acceptors (Lipinski definition) is 4. The number of ether oxygens (including phenoxy) is 3. The molecule has 1 rings (SSSR count). The largest absolute Gasteiger partial charge is 0.382 e. The van der Waals surface area contributed by atoms with Crippen LogP contribution < -0.4 is 5.32 Å². The van der Waals surface area contributed by atoms with Crippen LogP contribution in [0.4, 0.5) is 0 Å². The van der Waals surface area contributed by atoms with Gasteiger partial charge in [-0.3, -0.25) is 0 Å². The van der Waals surface area contributed by atoms with Crippen LogP contribution in [0.15, 0.2) is 0 Å². The third-order valence-electron chi connectivity index (χ3n) is 3.12. The molecule has 1 aliphatic carbocycles. The molecule has 0 atom stereocenters. The van der Waals surface area contributed by atoms with Crippen LogP contribution in [0.2, 0.25) is 0 Å². The first kappa shape index (κ1) is 13.9. The Balaban J connectivity index is 1.90. The number of rotatable bonds is 8. The van der Waals surface area contributed by atoms with Gasteiger partial charge in [0.2, 0.25) is 0 Å². The van der Waals surface area contributed by atoms with Gasteiger partial charge in [0.1, 0.15) is 0 Å². The van der Waals surface area contributed by atoms with Gasteiger partial charge in [0.25, 0.3) is 0 Å². The molecule has 0 radical (unpaired) electrons. The van der Waals surface area contributed by atoms with Gasteiger partial charge in [0.05, 0.1) is 25.9 Å². The number of hydrogen-bond donors (Lipinski definition) is 1. The second-order valence-corrected chi connectivity index (χ2v) is 4.27. The second-order valence-electron chi connectivity index (χ2n) is 4.27. The van der Waals surface area contributed by atoms with Gasteiger partial charge in [-0.2, -0.15) is 0 Å². The molecule has 4 heteroatoms. The Labute approximate surface area is 98.6 Å². The number of methoxy groups -OCH3 is 2. The average molecular weight is 231 g/mol. The van der Waals surface area contributed by atoms with E-state index >= 15 is 0 Å². The second kappa shape index (κ2) is 8.93. The predicted octanol–water partition coefficient (Wildman–Crippen LogP) is 1.20. The fraction of sp³-hybridized carbons (Fsp3) is 1.00. The van der Waals surface area contributed by atoms with Gasteiger partial charge in [0.15, 0.2) is 0 Å². The molecule has 0 aliphatic heterocycles. The summed E-state index contributed by atoms with van der Waals surface area (Å²) >= 11 is 0. The van der Waals surface area contributed by atoms with E-state index in [0.29, 0.717) is 25.4 Å². The molecule has 16 heavy (non-hydrogen) atoms. The topological polar surface area (TPSA) is 39.7 Å². The average Bonchev–Trinajstić information content (AvgIpc) is 2.34. The van der Waals surface area contributed by atoms with E-state index in [4.69, 9.17) is 14.2 Å². The minimum Gasteiger partial charge on any atom is -0.382 e. The zero-order valence-corrected chi connectivity index (χ0v) is 10.5. The lowest BCUT2D eigenvalue weighted by Crippen LogP contribution is -2.36. The Morgan fingerprint density at radius 2 is 1.75 bits per heavy atom. The molecule has 0 heterocycles. The van der Waals surface area contributed by atoms with Crippen molar-refractivity contribution < 1.29 is 14.2 Å². The van der Waals surface area contributed by atoms with Crippen molar-refractivity contribution in [2.24, 2.45) is 0 Å². The van der Waals surface area contributed by atoms with E-state index in [1.54, 1.807) is 7.11 Å². The molecule has 0 aromatic heterocycles. The van der Waals surface area contributed by atoms with Crippen LogP contribution in [-0.4, -0.2) is 52.7 Å². The summed E-state index contributed by atoms with van der Waals surface area (Å²) in [4.78, 5) is 0. The van der Waals surface area contributed by atoms with E-state index in [2.05, 4.69) is 5.32 Å². The van der Waals surface area contributed by atoms with E-state index in [1.165, 1.54) is 25.7 Å². The Morgan fingerprint density at radius 1 is 1.00 bits per heavy atom. The van der Waals surface area contributed by atoms with E-state index in [9.17, 15) is 0 Å². The van der Waals surface area contributed by atoms with E-state index < -0.39 is 0 Å². The lowest BCUT2D eigenvalue weighted by atomic mass is 9.93. The number of nitrogens with one attached hydrogen (secondary N) is 1. The molecule has 1 N–H and O–H groups in total. The van der Waals surface area contributed by atoms with Crippen molar-refractivity contribution in [3.8, 4) is 0 Å². The van der Waals surface area contributed by atoms with E-state index in [-0.39, 0.29) is 0 Å². The predicted molar refractivity (Wildman–Crippen MR) is 63.8 cm³/mol. The molecule has 1 fully saturated rings. The van der Waals surface area contributed by atoms with Crippen LogP contribution in [0.5, 0.6) is 0 Å². The van der Waals surface area contributed by atoms with Crippen LogP contribution in [0, 0.1) is 0 Å². The highest BCUT2D eigenvalue weighted by Gasteiger charge is 2.19. The summed E-state index contributed by atoms with van der Waals surface area (Å²) in [7, 11) is 3.50. The molecule has 0 aromatic rings. The Hall–Kier alpha value is -0.160. The summed E-state index contributed by atoms with van der Waals surface area (Å²) in [6, 6.07) is 0.650. The summed E-state index contributed by atoms with van der Waals surface area (Å²) in [6.07, 6.45) is 5.28. The van der Waals surface area contributed by atoms with Crippen molar-refractivity contribution in [1.82, 2.24) is 5.32 Å². The molecular weight excluding hydrogens is 206 g/mol. The van der Waals surface area contributed by atoms with E-state index in [1.807, 2.05) is 7.11 Å². The molecular formula is C12H25NO3. The van der Waals surface area contributed by atoms with Gasteiger partial charge in [-0.05, 0) is 25.7 Å². The standard InChI is InChI=1S/C12H25NO3/c1-14-9-10-16-8-7-13-11-3-5-12(15-2)6-4-11/h11-13H,3-10H2,1-2H3. The maximum atomic E-state index is 5.40. The quantitative estimate of drug-likeness (QED) is 0.637. The molecule has 96 valence electrons. The van der Waals surface area contributed by atoms with Gasteiger partial charge in [-0.1, -0.05) is 0 Å². The summed E-state index contributed by atoms with van der Waals surface area (Å²) in [5.74, 6) is 0. The molecule has 1 saturated carbocycles. The Kier molecular flexibility index (Phi) is 7.76. The fourth-order valence-electron chi connectivity index (χ4n) is 2.08. The summed E-state index contributed by atoms with van der Waals surface area (Å²) in [6.45, 7) is 3.08. The normalized spacial score (nSPS) is 25.9. The lowest BCUT2D eigenvalue weighted by Gasteiger charge is -2.28. The summed E-state index contributed by atoms with van der Waals surface area (Å²) < 4.78 is 15.6. The van der Waals surface area contributed by atoms with Crippen molar-refractivity contribution >= 4 is 0 Å². The van der Waals surface area contributed by atoms with Crippen molar-refractivity contribution in [3.63, 3.8) is 0 Å². The lowest BCUT2D eigenvalue weighted by molar-refractivity contribution is 0.0561. The highest BCUT2D eigenvalue weighted by Crippen LogP contribution is 2.20. The van der Waals surface area contributed by atoms with Gasteiger partial charge < -0.3 is 19.5 Å². The Bertz CT molecular complexity index is 158. The van der Waals surface area contributed by atoms with Crippen LogP contribution >= 0.6 is 0 Å². The fourth-order valence-corrected chi connectivity index (χ4v) is 2.08. The first-order chi connectivity index (χ1) is 7.86. The first-order valence-corrected chi connectivity index (χ1v) is 6.19. The molecule has 0 spiro atoms. The first-order valence-electron chi connectivity index (χ1n) is 6.19. The van der Waals surface area contributed by atoms with Gasteiger partial charge in [0, 0.05) is 26.8 Å². The zero-order chi connectivity index (χ0) is 11.6. The molecule has 0 bridgehead atoms. The van der Waals surface area contributed by atoms with Crippen molar-refractivity contribution in [2.45, 2.75) is 37.8 Å². The van der Waals surface area contributed by atoms with Crippen molar-refractivity contribution in [1.29, 1.82) is 0 Å².